The van der Waals surface area contributed by atoms with Crippen LogP contribution in [0.2, 0.25) is 0 Å². The summed E-state index contributed by atoms with van der Waals surface area (Å²) in [6, 6.07) is 1.27. The lowest BCUT2D eigenvalue weighted by Gasteiger charge is -2.45. The Hall–Kier alpha value is -3.18. The van der Waals surface area contributed by atoms with E-state index in [0.29, 0.717) is 31.1 Å². The quantitative estimate of drug-likeness (QED) is 0.671. The number of rotatable bonds is 6. The highest BCUT2D eigenvalue weighted by Gasteiger charge is 2.40. The Morgan fingerprint density at radius 2 is 2.06 bits per heavy atom. The maximum Gasteiger partial charge on any atom is 0.410 e. The van der Waals surface area contributed by atoms with Crippen LogP contribution in [0.15, 0.2) is 18.5 Å². The van der Waals surface area contributed by atoms with E-state index in [2.05, 4.69) is 30.2 Å². The third-order valence-corrected chi connectivity index (χ3v) is 4.67. The fourth-order valence-electron chi connectivity index (χ4n) is 3.39. The summed E-state index contributed by atoms with van der Waals surface area (Å²) in [5.74, 6) is 0.671. The number of aromatic amines is 1. The van der Waals surface area contributed by atoms with Crippen molar-refractivity contribution in [3.05, 3.63) is 18.5 Å². The van der Waals surface area contributed by atoms with Crippen LogP contribution in [0.5, 0.6) is 11.8 Å². The molecule has 1 saturated heterocycles. The summed E-state index contributed by atoms with van der Waals surface area (Å²) >= 11 is 0. The van der Waals surface area contributed by atoms with Crippen molar-refractivity contribution in [1.29, 1.82) is 0 Å². The van der Waals surface area contributed by atoms with Gasteiger partial charge in [0, 0.05) is 31.0 Å². The number of alkyl halides is 2. The lowest BCUT2D eigenvalue weighted by atomic mass is 9.89. The van der Waals surface area contributed by atoms with Crippen LogP contribution in [0, 0.1) is 0 Å². The molecule has 1 atom stereocenters. The summed E-state index contributed by atoms with van der Waals surface area (Å²) in [5.41, 5.74) is -1.03. The SMILES string of the molecule is CC(C)(C)OC(=O)N1CC[C@H](Oc2cncc(Nc3cc(OC(F)F)[nH]n3)n2)CC1(C)C. The molecule has 0 spiro atoms. The molecule has 1 aliphatic heterocycles. The summed E-state index contributed by atoms with van der Waals surface area (Å²) < 4.78 is 40.3. The average Bonchev–Trinajstić information content (AvgIpc) is 3.05. The van der Waals surface area contributed by atoms with E-state index in [9.17, 15) is 13.6 Å². The van der Waals surface area contributed by atoms with Crippen LogP contribution in [0.1, 0.15) is 47.5 Å². The summed E-state index contributed by atoms with van der Waals surface area (Å²) in [7, 11) is 0. The van der Waals surface area contributed by atoms with Gasteiger partial charge in [0.1, 0.15) is 11.7 Å². The molecule has 3 rings (SSSR count). The minimum Gasteiger partial charge on any atom is -0.473 e. The minimum atomic E-state index is -2.95. The van der Waals surface area contributed by atoms with Gasteiger partial charge in [-0.3, -0.25) is 4.98 Å². The van der Waals surface area contributed by atoms with Crippen LogP contribution in [-0.4, -0.2) is 61.6 Å². The van der Waals surface area contributed by atoms with Gasteiger partial charge in [-0.25, -0.2) is 9.89 Å². The number of nitrogens with one attached hydrogen (secondary N) is 2. The number of hydrogen-bond acceptors (Lipinski definition) is 8. The minimum absolute atomic E-state index is 0.176. The molecule has 2 aromatic heterocycles. The largest absolute Gasteiger partial charge is 0.473 e. The number of likely N-dealkylation sites (tertiary alicyclic amines) is 1. The summed E-state index contributed by atoms with van der Waals surface area (Å²) in [6.07, 6.45) is 3.60. The van der Waals surface area contributed by atoms with Gasteiger partial charge in [-0.05, 0) is 34.6 Å². The smallest absolute Gasteiger partial charge is 0.410 e. The molecule has 1 aliphatic rings. The van der Waals surface area contributed by atoms with Gasteiger partial charge in [0.15, 0.2) is 11.6 Å². The molecule has 176 valence electrons. The molecule has 2 N–H and O–H groups in total. The van der Waals surface area contributed by atoms with Crippen LogP contribution in [0.4, 0.5) is 25.2 Å². The molecule has 32 heavy (non-hydrogen) atoms. The molecule has 3 heterocycles. The number of halogens is 2. The first-order chi connectivity index (χ1) is 14.9. The van der Waals surface area contributed by atoms with E-state index >= 15 is 0 Å². The monoisotopic (exact) mass is 454 g/mol. The van der Waals surface area contributed by atoms with Crippen molar-refractivity contribution in [2.75, 3.05) is 11.9 Å². The Morgan fingerprint density at radius 3 is 2.72 bits per heavy atom. The van der Waals surface area contributed by atoms with Gasteiger partial charge in [0.05, 0.1) is 12.4 Å². The normalized spacial score (nSPS) is 18.4. The molecule has 0 aromatic carbocycles. The zero-order valence-electron chi connectivity index (χ0n) is 18.7. The Labute approximate surface area is 184 Å². The van der Waals surface area contributed by atoms with E-state index < -0.39 is 17.8 Å². The van der Waals surface area contributed by atoms with Gasteiger partial charge < -0.3 is 24.4 Å². The Balaban J connectivity index is 1.60. The highest BCUT2D eigenvalue weighted by molar-refractivity contribution is 5.69. The second kappa shape index (κ2) is 9.13. The van der Waals surface area contributed by atoms with Gasteiger partial charge in [0.2, 0.25) is 11.8 Å². The second-order valence-electron chi connectivity index (χ2n) is 9.04. The molecule has 0 radical (unpaired) electrons. The van der Waals surface area contributed by atoms with Gasteiger partial charge >= 0.3 is 12.7 Å². The van der Waals surface area contributed by atoms with E-state index in [4.69, 9.17) is 9.47 Å². The van der Waals surface area contributed by atoms with Gasteiger partial charge in [-0.15, -0.1) is 0 Å². The molecule has 1 amide bonds. The lowest BCUT2D eigenvalue weighted by molar-refractivity contribution is -0.0529. The number of ether oxygens (including phenoxy) is 3. The standard InChI is InChI=1S/C20H28F2N6O4/c1-19(2,3)32-18(29)28-7-6-12(9-20(28,4)5)30-16-11-23-10-14(25-16)24-13-8-15(27-26-13)31-17(21)22/h8,10-12,17H,6-7,9H2,1-5H3,(H2,24,25,26,27)/t12-/m0/s1. The summed E-state index contributed by atoms with van der Waals surface area (Å²) in [6.45, 7) is 6.97. The van der Waals surface area contributed by atoms with Crippen LogP contribution in [0.3, 0.4) is 0 Å². The maximum absolute atomic E-state index is 12.5. The highest BCUT2D eigenvalue weighted by atomic mass is 19.3. The zero-order chi connectivity index (χ0) is 23.5. The third-order valence-electron chi connectivity index (χ3n) is 4.67. The average molecular weight is 454 g/mol. The second-order valence-corrected chi connectivity index (χ2v) is 9.04. The van der Waals surface area contributed by atoms with Crippen molar-refractivity contribution in [3.63, 3.8) is 0 Å². The first kappa shape index (κ1) is 23.5. The number of amides is 1. The molecule has 0 saturated carbocycles. The number of hydrogen-bond donors (Lipinski definition) is 2. The van der Waals surface area contributed by atoms with E-state index in [1.54, 1.807) is 4.90 Å². The number of aromatic nitrogens is 4. The van der Waals surface area contributed by atoms with Crippen LogP contribution < -0.4 is 14.8 Å². The third kappa shape index (κ3) is 6.41. The molecule has 10 nitrogen and oxygen atoms in total. The van der Waals surface area contributed by atoms with Crippen molar-refractivity contribution >= 4 is 17.7 Å². The first-order valence-corrected chi connectivity index (χ1v) is 10.2. The van der Waals surface area contributed by atoms with Crippen LogP contribution in [0.25, 0.3) is 0 Å². The Bertz CT molecular complexity index is 931. The van der Waals surface area contributed by atoms with Crippen molar-refractivity contribution in [2.24, 2.45) is 0 Å². The highest BCUT2D eigenvalue weighted by Crippen LogP contribution is 2.31. The predicted octanol–water partition coefficient (Wildman–Crippen LogP) is 4.10. The van der Waals surface area contributed by atoms with Crippen molar-refractivity contribution < 1.29 is 27.8 Å². The summed E-state index contributed by atoms with van der Waals surface area (Å²) in [5, 5.41) is 9.01. The number of piperidine rings is 1. The van der Waals surface area contributed by atoms with E-state index in [1.807, 2.05) is 34.6 Å². The molecule has 1 fully saturated rings. The Morgan fingerprint density at radius 1 is 1.31 bits per heavy atom. The van der Waals surface area contributed by atoms with Gasteiger partial charge in [-0.1, -0.05) is 0 Å². The first-order valence-electron chi connectivity index (χ1n) is 10.2. The van der Waals surface area contributed by atoms with E-state index in [-0.39, 0.29) is 23.9 Å². The van der Waals surface area contributed by atoms with Gasteiger partial charge in [-0.2, -0.15) is 18.9 Å². The topological polar surface area (TPSA) is 114 Å². The molecule has 2 aromatic rings. The molecule has 12 heteroatoms. The zero-order valence-corrected chi connectivity index (χ0v) is 18.7. The number of anilines is 2. The van der Waals surface area contributed by atoms with E-state index in [0.717, 1.165) is 0 Å². The van der Waals surface area contributed by atoms with Crippen molar-refractivity contribution in [1.82, 2.24) is 25.1 Å². The fourth-order valence-corrected chi connectivity index (χ4v) is 3.39. The molecular weight excluding hydrogens is 426 g/mol. The molecular formula is C20H28F2N6O4. The molecule has 0 aliphatic carbocycles. The van der Waals surface area contributed by atoms with E-state index in [1.165, 1.54) is 18.5 Å². The van der Waals surface area contributed by atoms with Crippen LogP contribution >= 0.6 is 0 Å². The van der Waals surface area contributed by atoms with Gasteiger partial charge in [0.25, 0.3) is 0 Å². The molecule has 0 unspecified atom stereocenters. The summed E-state index contributed by atoms with van der Waals surface area (Å²) in [4.78, 5) is 22.7. The number of H-pyrrole nitrogens is 1. The molecule has 0 bridgehead atoms. The maximum atomic E-state index is 12.5. The Kier molecular flexibility index (Phi) is 6.70. The predicted molar refractivity (Wildman–Crippen MR) is 111 cm³/mol. The lowest BCUT2D eigenvalue weighted by Crippen LogP contribution is -2.56. The van der Waals surface area contributed by atoms with Crippen molar-refractivity contribution in [2.45, 2.75) is 71.3 Å². The number of carbonyl (C=O) groups excluding carboxylic acids is 1. The fraction of sp³-hybridized carbons (Fsp3) is 0.600. The van der Waals surface area contributed by atoms with Crippen LogP contribution in [-0.2, 0) is 4.74 Å². The number of nitrogens with zero attached hydrogens (tertiary/aromatic N) is 4. The van der Waals surface area contributed by atoms with Crippen molar-refractivity contribution in [3.8, 4) is 11.8 Å². The number of carbonyl (C=O) groups is 1.